The molecule has 1 aromatic carbocycles. The molecule has 1 nitrogen and oxygen atoms in total. The third-order valence-corrected chi connectivity index (χ3v) is 4.21. The minimum Gasteiger partial charge on any atom is -0.316 e. The molecule has 1 saturated heterocycles. The molecule has 0 amide bonds. The second kappa shape index (κ2) is 3.34. The molecule has 0 radical (unpaired) electrons. The predicted octanol–water partition coefficient (Wildman–Crippen LogP) is 2.54. The summed E-state index contributed by atoms with van der Waals surface area (Å²) in [6.07, 6.45) is 4.21. The number of hydrogen-bond acceptors (Lipinski definition) is 1. The van der Waals surface area contributed by atoms with Gasteiger partial charge in [-0.15, -0.1) is 0 Å². The van der Waals surface area contributed by atoms with Crippen molar-refractivity contribution < 1.29 is 0 Å². The quantitative estimate of drug-likeness (QED) is 0.775. The Morgan fingerprint density at radius 3 is 2.60 bits per heavy atom. The average molecular weight is 201 g/mol. The van der Waals surface area contributed by atoms with Crippen LogP contribution in [0.4, 0.5) is 0 Å². The topological polar surface area (TPSA) is 12.0 Å². The molecule has 0 atom stereocenters. The summed E-state index contributed by atoms with van der Waals surface area (Å²) in [6.45, 7) is 4.78. The van der Waals surface area contributed by atoms with Crippen molar-refractivity contribution >= 4 is 0 Å². The summed E-state index contributed by atoms with van der Waals surface area (Å²) in [5, 5.41) is 3.40. The summed E-state index contributed by atoms with van der Waals surface area (Å²) in [4.78, 5) is 0. The fourth-order valence-corrected chi connectivity index (χ4v) is 3.23. The zero-order chi connectivity index (χ0) is 10.3. The van der Waals surface area contributed by atoms with Crippen LogP contribution in [0, 0.1) is 18.3 Å². The van der Waals surface area contributed by atoms with Crippen molar-refractivity contribution in [3.63, 3.8) is 0 Å². The second-order valence-corrected chi connectivity index (χ2v) is 5.51. The van der Waals surface area contributed by atoms with E-state index in [9.17, 15) is 0 Å². The molecule has 1 saturated carbocycles. The summed E-state index contributed by atoms with van der Waals surface area (Å²) in [5.74, 6) is 0.952. The van der Waals surface area contributed by atoms with Gasteiger partial charge in [-0.05, 0) is 48.6 Å². The van der Waals surface area contributed by atoms with Gasteiger partial charge in [0.2, 0.25) is 0 Å². The monoisotopic (exact) mass is 201 g/mol. The van der Waals surface area contributed by atoms with Gasteiger partial charge in [0.05, 0.1) is 0 Å². The summed E-state index contributed by atoms with van der Waals surface area (Å²) < 4.78 is 0. The predicted molar refractivity (Wildman–Crippen MR) is 62.9 cm³/mol. The molecule has 1 spiro atoms. The zero-order valence-electron chi connectivity index (χ0n) is 9.42. The Morgan fingerprint density at radius 1 is 1.27 bits per heavy atom. The van der Waals surface area contributed by atoms with Crippen molar-refractivity contribution in [3.8, 4) is 0 Å². The van der Waals surface area contributed by atoms with E-state index < -0.39 is 0 Å². The number of aryl methyl sites for hydroxylation is 1. The molecule has 80 valence electrons. The molecule has 1 aliphatic carbocycles. The van der Waals surface area contributed by atoms with E-state index in [1.54, 1.807) is 5.56 Å². The van der Waals surface area contributed by atoms with Crippen molar-refractivity contribution in [1.82, 2.24) is 5.32 Å². The van der Waals surface area contributed by atoms with Crippen LogP contribution in [0.1, 0.15) is 24.0 Å². The molecule has 3 rings (SSSR count). The maximum Gasteiger partial charge on any atom is 0.00204 e. The van der Waals surface area contributed by atoms with E-state index in [0.717, 1.165) is 11.3 Å². The van der Waals surface area contributed by atoms with Gasteiger partial charge in [-0.2, -0.15) is 0 Å². The molecule has 1 heterocycles. The van der Waals surface area contributed by atoms with Crippen LogP contribution in [-0.2, 0) is 6.42 Å². The molecule has 0 aromatic heterocycles. The Labute approximate surface area is 91.9 Å². The van der Waals surface area contributed by atoms with Gasteiger partial charge in [-0.1, -0.05) is 24.3 Å². The molecule has 0 unspecified atom stereocenters. The smallest absolute Gasteiger partial charge is 0.00204 e. The molecule has 2 fully saturated rings. The van der Waals surface area contributed by atoms with Crippen LogP contribution in [0.15, 0.2) is 24.3 Å². The van der Waals surface area contributed by atoms with Crippen molar-refractivity contribution in [2.24, 2.45) is 11.3 Å². The van der Waals surface area contributed by atoms with Gasteiger partial charge in [0, 0.05) is 13.1 Å². The Morgan fingerprint density at radius 2 is 2.00 bits per heavy atom. The lowest BCUT2D eigenvalue weighted by Crippen LogP contribution is -2.60. The van der Waals surface area contributed by atoms with Crippen molar-refractivity contribution in [2.45, 2.75) is 26.2 Å². The van der Waals surface area contributed by atoms with Crippen molar-refractivity contribution in [2.75, 3.05) is 13.1 Å². The number of rotatable bonds is 2. The van der Waals surface area contributed by atoms with E-state index in [1.807, 2.05) is 0 Å². The lowest BCUT2D eigenvalue weighted by molar-refractivity contribution is 0.000833. The summed E-state index contributed by atoms with van der Waals surface area (Å²) in [7, 11) is 0. The van der Waals surface area contributed by atoms with Crippen LogP contribution >= 0.6 is 0 Å². The summed E-state index contributed by atoms with van der Waals surface area (Å²) >= 11 is 0. The minimum absolute atomic E-state index is 0.730. The van der Waals surface area contributed by atoms with Gasteiger partial charge < -0.3 is 5.32 Å². The SMILES string of the molecule is Cc1ccccc1CC1CC2(CNC2)C1. The first-order valence-corrected chi connectivity index (χ1v) is 6.03. The number of hydrogen-bond donors (Lipinski definition) is 1. The van der Waals surface area contributed by atoms with Gasteiger partial charge in [0.15, 0.2) is 0 Å². The maximum absolute atomic E-state index is 3.40. The van der Waals surface area contributed by atoms with E-state index >= 15 is 0 Å². The third-order valence-electron chi connectivity index (χ3n) is 4.21. The zero-order valence-corrected chi connectivity index (χ0v) is 9.42. The standard InChI is InChI=1S/C14H19N/c1-11-4-2-3-5-13(11)6-12-7-14(8-12)9-15-10-14/h2-5,12,15H,6-10H2,1H3. The van der Waals surface area contributed by atoms with E-state index in [-0.39, 0.29) is 0 Å². The molecule has 15 heavy (non-hydrogen) atoms. The molecular weight excluding hydrogens is 182 g/mol. The summed E-state index contributed by atoms with van der Waals surface area (Å²) in [6, 6.07) is 8.83. The van der Waals surface area contributed by atoms with Gasteiger partial charge in [0.25, 0.3) is 0 Å². The minimum atomic E-state index is 0.730. The second-order valence-electron chi connectivity index (χ2n) is 5.51. The van der Waals surface area contributed by atoms with E-state index in [1.165, 1.54) is 37.9 Å². The largest absolute Gasteiger partial charge is 0.316 e. The molecule has 1 N–H and O–H groups in total. The number of benzene rings is 1. The highest BCUT2D eigenvalue weighted by molar-refractivity contribution is 5.26. The maximum atomic E-state index is 3.40. The first kappa shape index (κ1) is 9.41. The Bertz CT molecular complexity index is 357. The van der Waals surface area contributed by atoms with Crippen LogP contribution in [-0.4, -0.2) is 13.1 Å². The van der Waals surface area contributed by atoms with Gasteiger partial charge in [-0.25, -0.2) is 0 Å². The Hall–Kier alpha value is -0.820. The van der Waals surface area contributed by atoms with Crippen LogP contribution in [0.2, 0.25) is 0 Å². The highest BCUT2D eigenvalue weighted by Gasteiger charge is 2.47. The highest BCUT2D eigenvalue weighted by Crippen LogP contribution is 2.49. The van der Waals surface area contributed by atoms with E-state index in [2.05, 4.69) is 36.5 Å². The highest BCUT2D eigenvalue weighted by atomic mass is 15.0. The molecule has 0 bridgehead atoms. The van der Waals surface area contributed by atoms with Crippen molar-refractivity contribution in [1.29, 1.82) is 0 Å². The Balaban J connectivity index is 1.61. The molecule has 1 aromatic rings. The van der Waals surface area contributed by atoms with Crippen LogP contribution in [0.5, 0.6) is 0 Å². The fourth-order valence-electron chi connectivity index (χ4n) is 3.23. The Kier molecular flexibility index (Phi) is 2.10. The van der Waals surface area contributed by atoms with Crippen molar-refractivity contribution in [3.05, 3.63) is 35.4 Å². The molecular formula is C14H19N. The first-order valence-electron chi connectivity index (χ1n) is 6.03. The lowest BCUT2D eigenvalue weighted by atomic mass is 9.57. The average Bonchev–Trinajstić information content (AvgIpc) is 2.10. The van der Waals surface area contributed by atoms with E-state index in [4.69, 9.17) is 0 Å². The molecule has 2 aliphatic rings. The number of nitrogens with one attached hydrogen (secondary N) is 1. The summed E-state index contributed by atoms with van der Waals surface area (Å²) in [5.41, 5.74) is 3.75. The van der Waals surface area contributed by atoms with Gasteiger partial charge in [-0.3, -0.25) is 0 Å². The van der Waals surface area contributed by atoms with Gasteiger partial charge >= 0.3 is 0 Å². The molecule has 1 heteroatoms. The lowest BCUT2D eigenvalue weighted by Gasteiger charge is -2.54. The first-order chi connectivity index (χ1) is 7.27. The third kappa shape index (κ3) is 1.59. The normalized spacial score (nSPS) is 23.5. The van der Waals surface area contributed by atoms with Crippen LogP contribution in [0.3, 0.4) is 0 Å². The fraction of sp³-hybridized carbons (Fsp3) is 0.571. The van der Waals surface area contributed by atoms with Crippen LogP contribution < -0.4 is 5.32 Å². The van der Waals surface area contributed by atoms with Gasteiger partial charge in [0.1, 0.15) is 0 Å². The van der Waals surface area contributed by atoms with Crippen LogP contribution in [0.25, 0.3) is 0 Å². The van der Waals surface area contributed by atoms with E-state index in [0.29, 0.717) is 0 Å². The molecule has 1 aliphatic heterocycles.